The fourth-order valence-corrected chi connectivity index (χ4v) is 5.15. The molecule has 1 atom stereocenters. The van der Waals surface area contributed by atoms with Crippen LogP contribution in [0.15, 0.2) is 76.0 Å². The number of aliphatic carboxylic acids is 1. The number of carboxylic acids is 1. The molecular formula is C26H26N2O6S. The highest BCUT2D eigenvalue weighted by atomic mass is 32.2. The Morgan fingerprint density at radius 2 is 1.69 bits per heavy atom. The molecule has 0 spiro atoms. The van der Waals surface area contributed by atoms with Gasteiger partial charge in [0.15, 0.2) is 0 Å². The number of carbonyl (C=O) groups excluding carboxylic acids is 1. The standard InChI is InChI=1S/C26H26N2O6S/c1-2-5-17-8-10-18(11-9-17)27-25(29)15-13-22(26(30)31)28-35(32,33)19-12-14-24-21(16-19)20-6-3-4-7-23(20)34-24/h3-4,6-12,14,16,22,28H,2,5,13,15H2,1H3,(H,27,29)(H,30,31). The summed E-state index contributed by atoms with van der Waals surface area (Å²) in [6.07, 6.45) is 1.59. The lowest BCUT2D eigenvalue weighted by Crippen LogP contribution is -2.41. The Bertz CT molecular complexity index is 1480. The van der Waals surface area contributed by atoms with E-state index in [0.29, 0.717) is 22.2 Å². The molecule has 3 N–H and O–H groups in total. The number of hydrogen-bond donors (Lipinski definition) is 3. The average Bonchev–Trinajstić information content (AvgIpc) is 3.21. The van der Waals surface area contributed by atoms with Gasteiger partial charge in [0.25, 0.3) is 0 Å². The van der Waals surface area contributed by atoms with Crippen LogP contribution in [0, 0.1) is 0 Å². The first kappa shape index (κ1) is 24.4. The molecule has 0 saturated carbocycles. The van der Waals surface area contributed by atoms with Crippen LogP contribution < -0.4 is 10.0 Å². The molecule has 0 saturated heterocycles. The summed E-state index contributed by atoms with van der Waals surface area (Å²) >= 11 is 0. The van der Waals surface area contributed by atoms with Crippen molar-refractivity contribution in [1.29, 1.82) is 0 Å². The summed E-state index contributed by atoms with van der Waals surface area (Å²) in [7, 11) is -4.16. The van der Waals surface area contributed by atoms with Gasteiger partial charge in [0.05, 0.1) is 4.90 Å². The quantitative estimate of drug-likeness (QED) is 0.294. The second-order valence-electron chi connectivity index (χ2n) is 8.30. The van der Waals surface area contributed by atoms with Gasteiger partial charge in [0, 0.05) is 22.9 Å². The third-order valence-corrected chi connectivity index (χ3v) is 7.16. The molecule has 1 amide bonds. The normalized spacial score (nSPS) is 12.6. The van der Waals surface area contributed by atoms with E-state index in [1.54, 1.807) is 24.3 Å². The number of hydrogen-bond acceptors (Lipinski definition) is 5. The molecule has 3 aromatic carbocycles. The lowest BCUT2D eigenvalue weighted by molar-refractivity contribution is -0.139. The predicted molar refractivity (Wildman–Crippen MR) is 134 cm³/mol. The topological polar surface area (TPSA) is 126 Å². The van der Waals surface area contributed by atoms with Crippen LogP contribution in [0.2, 0.25) is 0 Å². The summed E-state index contributed by atoms with van der Waals surface area (Å²) in [5, 5.41) is 13.7. The number of carbonyl (C=O) groups is 2. The molecule has 0 aliphatic heterocycles. The SMILES string of the molecule is CCCc1ccc(NC(=O)CCC(NS(=O)(=O)c2ccc3oc4ccccc4c3c2)C(=O)O)cc1. The molecule has 35 heavy (non-hydrogen) atoms. The first-order valence-corrected chi connectivity index (χ1v) is 12.8. The van der Waals surface area contributed by atoms with Crippen molar-refractivity contribution in [2.45, 2.75) is 43.5 Å². The maximum atomic E-state index is 13.0. The first-order valence-electron chi connectivity index (χ1n) is 11.3. The minimum atomic E-state index is -4.16. The van der Waals surface area contributed by atoms with Crippen LogP contribution in [0.3, 0.4) is 0 Å². The van der Waals surface area contributed by atoms with E-state index in [-0.39, 0.29) is 17.7 Å². The fourth-order valence-electron chi connectivity index (χ4n) is 3.90. The smallest absolute Gasteiger partial charge is 0.321 e. The molecule has 0 bridgehead atoms. The number of aryl methyl sites for hydroxylation is 1. The van der Waals surface area contributed by atoms with E-state index in [1.165, 1.54) is 12.1 Å². The van der Waals surface area contributed by atoms with Crippen molar-refractivity contribution in [3.05, 3.63) is 72.3 Å². The molecular weight excluding hydrogens is 468 g/mol. The Labute approximate surface area is 203 Å². The third kappa shape index (κ3) is 5.70. The van der Waals surface area contributed by atoms with Crippen molar-refractivity contribution in [2.24, 2.45) is 0 Å². The molecule has 4 rings (SSSR count). The van der Waals surface area contributed by atoms with Crippen LogP contribution in [0.25, 0.3) is 21.9 Å². The van der Waals surface area contributed by atoms with Gasteiger partial charge in [0.2, 0.25) is 15.9 Å². The number of amides is 1. The zero-order valence-electron chi connectivity index (χ0n) is 19.2. The monoisotopic (exact) mass is 494 g/mol. The van der Waals surface area contributed by atoms with Gasteiger partial charge in [0.1, 0.15) is 17.2 Å². The zero-order chi connectivity index (χ0) is 25.0. The van der Waals surface area contributed by atoms with E-state index in [2.05, 4.69) is 17.0 Å². The van der Waals surface area contributed by atoms with Crippen molar-refractivity contribution in [3.63, 3.8) is 0 Å². The van der Waals surface area contributed by atoms with E-state index >= 15 is 0 Å². The van der Waals surface area contributed by atoms with Crippen LogP contribution in [0.5, 0.6) is 0 Å². The van der Waals surface area contributed by atoms with Crippen LogP contribution in [-0.2, 0) is 26.0 Å². The highest BCUT2D eigenvalue weighted by molar-refractivity contribution is 7.89. The van der Waals surface area contributed by atoms with Crippen LogP contribution >= 0.6 is 0 Å². The van der Waals surface area contributed by atoms with Crippen molar-refractivity contribution in [1.82, 2.24) is 4.72 Å². The molecule has 1 aromatic heterocycles. The second-order valence-corrected chi connectivity index (χ2v) is 10.0. The highest BCUT2D eigenvalue weighted by Gasteiger charge is 2.26. The summed E-state index contributed by atoms with van der Waals surface area (Å²) in [5.74, 6) is -1.76. The number of anilines is 1. The minimum absolute atomic E-state index is 0.0839. The van der Waals surface area contributed by atoms with Gasteiger partial charge >= 0.3 is 5.97 Å². The number of rotatable bonds is 10. The summed E-state index contributed by atoms with van der Waals surface area (Å²) in [4.78, 5) is 24.0. The largest absolute Gasteiger partial charge is 0.480 e. The molecule has 0 aliphatic carbocycles. The number of benzene rings is 3. The molecule has 4 aromatic rings. The maximum absolute atomic E-state index is 13.0. The molecule has 0 aliphatic rings. The number of nitrogens with one attached hydrogen (secondary N) is 2. The fraction of sp³-hybridized carbons (Fsp3) is 0.231. The summed E-state index contributed by atoms with van der Waals surface area (Å²) in [6, 6.07) is 17.6. The molecule has 8 nitrogen and oxygen atoms in total. The van der Waals surface area contributed by atoms with Gasteiger partial charge in [-0.25, -0.2) is 8.42 Å². The maximum Gasteiger partial charge on any atom is 0.321 e. The minimum Gasteiger partial charge on any atom is -0.480 e. The third-order valence-electron chi connectivity index (χ3n) is 5.69. The van der Waals surface area contributed by atoms with Gasteiger partial charge in [-0.15, -0.1) is 0 Å². The van der Waals surface area contributed by atoms with Gasteiger partial charge in [-0.2, -0.15) is 4.72 Å². The summed E-state index contributed by atoms with van der Waals surface area (Å²) < 4.78 is 33.9. The van der Waals surface area contributed by atoms with Crippen molar-refractivity contribution in [2.75, 3.05) is 5.32 Å². The van der Waals surface area contributed by atoms with Gasteiger partial charge < -0.3 is 14.8 Å². The van der Waals surface area contributed by atoms with Crippen molar-refractivity contribution in [3.8, 4) is 0 Å². The Hall–Kier alpha value is -3.69. The van der Waals surface area contributed by atoms with Gasteiger partial charge in [-0.05, 0) is 54.8 Å². The Kier molecular flexibility index (Phi) is 7.18. The summed E-state index contributed by atoms with van der Waals surface area (Å²) in [5.41, 5.74) is 2.91. The van der Waals surface area contributed by atoms with E-state index in [9.17, 15) is 23.1 Å². The molecule has 1 heterocycles. The Morgan fingerprint density at radius 1 is 0.971 bits per heavy atom. The van der Waals surface area contributed by atoms with E-state index < -0.39 is 27.9 Å². The van der Waals surface area contributed by atoms with Crippen molar-refractivity contribution < 1.29 is 27.5 Å². The zero-order valence-corrected chi connectivity index (χ0v) is 20.0. The number of fused-ring (bicyclic) bond motifs is 3. The predicted octanol–water partition coefficient (Wildman–Crippen LogP) is 4.69. The van der Waals surface area contributed by atoms with Gasteiger partial charge in [-0.1, -0.05) is 43.7 Å². The summed E-state index contributed by atoms with van der Waals surface area (Å²) in [6.45, 7) is 2.08. The molecule has 9 heteroatoms. The number of para-hydroxylation sites is 1. The lowest BCUT2D eigenvalue weighted by atomic mass is 10.1. The van der Waals surface area contributed by atoms with Gasteiger partial charge in [-0.3, -0.25) is 9.59 Å². The average molecular weight is 495 g/mol. The molecule has 0 fully saturated rings. The van der Waals surface area contributed by atoms with Crippen LogP contribution in [0.4, 0.5) is 5.69 Å². The number of furan rings is 1. The molecule has 0 radical (unpaired) electrons. The van der Waals surface area contributed by atoms with Crippen molar-refractivity contribution >= 4 is 49.5 Å². The molecule has 182 valence electrons. The van der Waals surface area contributed by atoms with E-state index in [0.717, 1.165) is 23.8 Å². The van der Waals surface area contributed by atoms with E-state index in [1.807, 2.05) is 30.3 Å². The number of carboxylic acid groups (broad SMARTS) is 1. The van der Waals surface area contributed by atoms with E-state index in [4.69, 9.17) is 4.42 Å². The number of sulfonamides is 1. The second kappa shape index (κ2) is 10.3. The highest BCUT2D eigenvalue weighted by Crippen LogP contribution is 2.30. The first-order chi connectivity index (χ1) is 16.8. The van der Waals surface area contributed by atoms with Crippen LogP contribution in [-0.4, -0.2) is 31.4 Å². The van der Waals surface area contributed by atoms with Crippen LogP contribution in [0.1, 0.15) is 31.7 Å². The Morgan fingerprint density at radius 3 is 2.40 bits per heavy atom. The lowest BCUT2D eigenvalue weighted by Gasteiger charge is -2.15. The molecule has 1 unspecified atom stereocenters. The Balaban J connectivity index is 1.44.